The van der Waals surface area contributed by atoms with Crippen molar-refractivity contribution in [2.24, 2.45) is 0 Å². The van der Waals surface area contributed by atoms with E-state index in [0.29, 0.717) is 0 Å². The number of nitrogens with zero attached hydrogens (tertiary/aromatic N) is 1. The summed E-state index contributed by atoms with van der Waals surface area (Å²) in [5.74, 6) is -0.230. The van der Waals surface area contributed by atoms with Gasteiger partial charge in [0.05, 0.1) is 16.7 Å². The highest BCUT2D eigenvalue weighted by Crippen LogP contribution is 2.21. The minimum Gasteiger partial charge on any atom is -0.377 e. The molecule has 0 saturated carbocycles. The minimum absolute atomic E-state index is 0.0896. The molecule has 0 aliphatic heterocycles. The molecule has 0 aliphatic carbocycles. The van der Waals surface area contributed by atoms with Gasteiger partial charge in [-0.15, -0.1) is 11.3 Å². The lowest BCUT2D eigenvalue weighted by molar-refractivity contribution is 0.628. The highest BCUT2D eigenvalue weighted by atomic mass is 32.1. The zero-order valence-corrected chi connectivity index (χ0v) is 10.0. The van der Waals surface area contributed by atoms with Crippen molar-refractivity contribution < 1.29 is 4.39 Å². The normalized spacial score (nSPS) is 12.4. The van der Waals surface area contributed by atoms with E-state index in [-0.39, 0.29) is 11.9 Å². The summed E-state index contributed by atoms with van der Waals surface area (Å²) < 4.78 is 13.0. The molecule has 0 aliphatic rings. The molecule has 0 spiro atoms. The third kappa shape index (κ3) is 2.58. The molecule has 0 amide bonds. The standard InChI is InChI=1S/C12H13FN2S/c1-8(12-7-16-9(2)15-12)14-11-5-3-4-10(13)6-11/h3-8,14H,1-2H3. The van der Waals surface area contributed by atoms with Crippen LogP contribution in [-0.4, -0.2) is 4.98 Å². The second-order valence-corrected chi connectivity index (χ2v) is 4.73. The molecule has 0 bridgehead atoms. The van der Waals surface area contributed by atoms with Gasteiger partial charge in [0, 0.05) is 11.1 Å². The van der Waals surface area contributed by atoms with Crippen molar-refractivity contribution in [2.45, 2.75) is 19.9 Å². The van der Waals surface area contributed by atoms with Crippen LogP contribution >= 0.6 is 11.3 Å². The number of aryl methyl sites for hydroxylation is 1. The Morgan fingerprint density at radius 3 is 2.88 bits per heavy atom. The van der Waals surface area contributed by atoms with Crippen LogP contribution in [0.4, 0.5) is 10.1 Å². The van der Waals surface area contributed by atoms with Gasteiger partial charge in [-0.05, 0) is 32.0 Å². The van der Waals surface area contributed by atoms with Crippen LogP contribution in [0, 0.1) is 12.7 Å². The molecule has 2 aromatic rings. The average molecular weight is 236 g/mol. The van der Waals surface area contributed by atoms with Crippen molar-refractivity contribution in [1.82, 2.24) is 4.98 Å². The lowest BCUT2D eigenvalue weighted by atomic mass is 10.2. The van der Waals surface area contributed by atoms with E-state index in [1.807, 2.05) is 25.3 Å². The summed E-state index contributed by atoms with van der Waals surface area (Å²) in [6.07, 6.45) is 0. The van der Waals surface area contributed by atoms with Gasteiger partial charge in [-0.25, -0.2) is 9.37 Å². The molecule has 4 heteroatoms. The number of aromatic nitrogens is 1. The SMILES string of the molecule is Cc1nc(C(C)Nc2cccc(F)c2)cs1. The molecule has 2 nitrogen and oxygen atoms in total. The molecular weight excluding hydrogens is 223 g/mol. The predicted octanol–water partition coefficient (Wildman–Crippen LogP) is 3.76. The number of nitrogens with one attached hydrogen (secondary N) is 1. The van der Waals surface area contributed by atoms with Crippen molar-refractivity contribution in [3.05, 3.63) is 46.2 Å². The lowest BCUT2D eigenvalue weighted by Crippen LogP contribution is -2.07. The number of hydrogen-bond donors (Lipinski definition) is 1. The topological polar surface area (TPSA) is 24.9 Å². The van der Waals surface area contributed by atoms with Gasteiger partial charge in [0.1, 0.15) is 5.82 Å². The fourth-order valence-electron chi connectivity index (χ4n) is 1.48. The molecule has 1 atom stereocenters. The maximum atomic E-state index is 13.0. The third-order valence-electron chi connectivity index (χ3n) is 2.29. The first-order chi connectivity index (χ1) is 7.65. The molecule has 0 fully saturated rings. The molecular formula is C12H13FN2S. The summed E-state index contributed by atoms with van der Waals surface area (Å²) in [4.78, 5) is 4.39. The fourth-order valence-corrected chi connectivity index (χ4v) is 2.19. The zero-order valence-electron chi connectivity index (χ0n) is 9.20. The van der Waals surface area contributed by atoms with Crippen molar-refractivity contribution in [3.8, 4) is 0 Å². The Balaban J connectivity index is 2.10. The van der Waals surface area contributed by atoms with Crippen LogP contribution in [0.2, 0.25) is 0 Å². The Bertz CT molecular complexity index is 481. The van der Waals surface area contributed by atoms with Crippen LogP contribution in [0.3, 0.4) is 0 Å². The maximum absolute atomic E-state index is 13.0. The van der Waals surface area contributed by atoms with Gasteiger partial charge in [0.15, 0.2) is 0 Å². The second kappa shape index (κ2) is 4.61. The Kier molecular flexibility index (Phi) is 3.19. The molecule has 1 aromatic heterocycles. The minimum atomic E-state index is -0.230. The van der Waals surface area contributed by atoms with Crippen LogP contribution < -0.4 is 5.32 Å². The monoisotopic (exact) mass is 236 g/mol. The van der Waals surface area contributed by atoms with Crippen LogP contribution in [-0.2, 0) is 0 Å². The largest absolute Gasteiger partial charge is 0.377 e. The Morgan fingerprint density at radius 1 is 1.44 bits per heavy atom. The first-order valence-corrected chi connectivity index (χ1v) is 5.97. The molecule has 1 aromatic carbocycles. The van der Waals surface area contributed by atoms with E-state index in [4.69, 9.17) is 0 Å². The second-order valence-electron chi connectivity index (χ2n) is 3.67. The van der Waals surface area contributed by atoms with Gasteiger partial charge in [-0.1, -0.05) is 6.07 Å². The lowest BCUT2D eigenvalue weighted by Gasteiger charge is -2.12. The summed E-state index contributed by atoms with van der Waals surface area (Å²) in [6, 6.07) is 6.54. The van der Waals surface area contributed by atoms with E-state index in [9.17, 15) is 4.39 Å². The molecule has 1 unspecified atom stereocenters. The Hall–Kier alpha value is -1.42. The van der Waals surface area contributed by atoms with Crippen molar-refractivity contribution in [3.63, 3.8) is 0 Å². The van der Waals surface area contributed by atoms with Gasteiger partial charge in [0.25, 0.3) is 0 Å². The van der Waals surface area contributed by atoms with Crippen molar-refractivity contribution in [1.29, 1.82) is 0 Å². The molecule has 0 saturated heterocycles. The zero-order chi connectivity index (χ0) is 11.5. The number of benzene rings is 1. The maximum Gasteiger partial charge on any atom is 0.125 e. The summed E-state index contributed by atoms with van der Waals surface area (Å²) in [5.41, 5.74) is 1.77. The number of hydrogen-bond acceptors (Lipinski definition) is 3. The predicted molar refractivity (Wildman–Crippen MR) is 65.3 cm³/mol. The highest BCUT2D eigenvalue weighted by Gasteiger charge is 2.08. The first kappa shape index (κ1) is 11.1. The first-order valence-electron chi connectivity index (χ1n) is 5.09. The van der Waals surface area contributed by atoms with Gasteiger partial charge in [-0.2, -0.15) is 0 Å². The van der Waals surface area contributed by atoms with Crippen LogP contribution in [0.25, 0.3) is 0 Å². The van der Waals surface area contributed by atoms with Gasteiger partial charge in [-0.3, -0.25) is 0 Å². The van der Waals surface area contributed by atoms with Gasteiger partial charge in [0.2, 0.25) is 0 Å². The number of rotatable bonds is 3. The van der Waals surface area contributed by atoms with Crippen LogP contribution in [0.1, 0.15) is 23.7 Å². The number of thiazole rings is 1. The van der Waals surface area contributed by atoms with Crippen LogP contribution in [0.15, 0.2) is 29.6 Å². The molecule has 84 valence electrons. The van der Waals surface area contributed by atoms with Crippen LogP contribution in [0.5, 0.6) is 0 Å². The smallest absolute Gasteiger partial charge is 0.125 e. The van der Waals surface area contributed by atoms with Crippen molar-refractivity contribution in [2.75, 3.05) is 5.32 Å². The molecule has 2 rings (SSSR count). The average Bonchev–Trinajstić information content (AvgIpc) is 2.65. The molecule has 16 heavy (non-hydrogen) atoms. The molecule has 1 N–H and O–H groups in total. The summed E-state index contributed by atoms with van der Waals surface area (Å²) in [6.45, 7) is 3.99. The quantitative estimate of drug-likeness (QED) is 0.877. The Labute approximate surface area is 98.2 Å². The summed E-state index contributed by atoms with van der Waals surface area (Å²) in [7, 11) is 0. The van der Waals surface area contributed by atoms with E-state index < -0.39 is 0 Å². The summed E-state index contributed by atoms with van der Waals surface area (Å²) >= 11 is 1.62. The molecule has 1 heterocycles. The van der Waals surface area contributed by atoms with E-state index in [0.717, 1.165) is 16.4 Å². The van der Waals surface area contributed by atoms with E-state index in [2.05, 4.69) is 10.3 Å². The van der Waals surface area contributed by atoms with E-state index >= 15 is 0 Å². The number of halogens is 1. The van der Waals surface area contributed by atoms with Gasteiger partial charge >= 0.3 is 0 Å². The Morgan fingerprint density at radius 2 is 2.25 bits per heavy atom. The summed E-state index contributed by atoms with van der Waals surface area (Å²) in [5, 5.41) is 6.28. The third-order valence-corrected chi connectivity index (χ3v) is 3.08. The van der Waals surface area contributed by atoms with Gasteiger partial charge < -0.3 is 5.32 Å². The van der Waals surface area contributed by atoms with Crippen molar-refractivity contribution >= 4 is 17.0 Å². The molecule has 0 radical (unpaired) electrons. The van der Waals surface area contributed by atoms with E-state index in [1.165, 1.54) is 12.1 Å². The highest BCUT2D eigenvalue weighted by molar-refractivity contribution is 7.09. The number of anilines is 1. The fraction of sp³-hybridized carbons (Fsp3) is 0.250. The van der Waals surface area contributed by atoms with E-state index in [1.54, 1.807) is 17.4 Å².